The van der Waals surface area contributed by atoms with E-state index >= 15 is 0 Å². The van der Waals surface area contributed by atoms with E-state index < -0.39 is 6.43 Å². The van der Waals surface area contributed by atoms with Crippen LogP contribution >= 0.6 is 0 Å². The molecular formula is C21H22F2N6O. The fraction of sp³-hybridized carbons (Fsp3) is 0.524. The zero-order chi connectivity index (χ0) is 20.7. The molecule has 3 aliphatic rings. The number of ether oxygens (including phenoxy) is 1. The lowest BCUT2D eigenvalue weighted by atomic mass is 10.1. The smallest absolute Gasteiger partial charge is 0.280 e. The molecular weight excluding hydrogens is 390 g/mol. The summed E-state index contributed by atoms with van der Waals surface area (Å²) in [6, 6.07) is 5.54. The molecule has 7 nitrogen and oxygen atoms in total. The van der Waals surface area contributed by atoms with Gasteiger partial charge < -0.3 is 14.5 Å². The molecule has 2 aliphatic heterocycles. The summed E-state index contributed by atoms with van der Waals surface area (Å²) in [6.07, 6.45) is 0.0694. The van der Waals surface area contributed by atoms with Gasteiger partial charge in [0.05, 0.1) is 24.5 Å². The Labute approximate surface area is 173 Å². The van der Waals surface area contributed by atoms with Crippen molar-refractivity contribution in [2.24, 2.45) is 0 Å². The van der Waals surface area contributed by atoms with Crippen LogP contribution in [-0.2, 0) is 17.8 Å². The van der Waals surface area contributed by atoms with Gasteiger partial charge in [-0.2, -0.15) is 5.26 Å². The van der Waals surface area contributed by atoms with Crippen molar-refractivity contribution in [2.75, 3.05) is 42.6 Å². The van der Waals surface area contributed by atoms with Crippen molar-refractivity contribution in [3.63, 3.8) is 0 Å². The number of anilines is 2. The van der Waals surface area contributed by atoms with Gasteiger partial charge in [-0.15, -0.1) is 0 Å². The van der Waals surface area contributed by atoms with Crippen LogP contribution in [0.4, 0.5) is 20.4 Å². The number of rotatable bonds is 4. The third kappa shape index (κ3) is 3.67. The summed E-state index contributed by atoms with van der Waals surface area (Å²) in [5, 5.41) is 9.60. The minimum Gasteiger partial charge on any atom is -0.376 e. The van der Waals surface area contributed by atoms with Crippen LogP contribution in [0, 0.1) is 11.3 Å². The Hall–Kier alpha value is -2.86. The Bertz CT molecular complexity index is 975. The van der Waals surface area contributed by atoms with Gasteiger partial charge in [0.1, 0.15) is 29.2 Å². The summed E-state index contributed by atoms with van der Waals surface area (Å²) in [6.45, 7) is 3.66. The first kappa shape index (κ1) is 19.1. The maximum absolute atomic E-state index is 13.3. The van der Waals surface area contributed by atoms with Crippen LogP contribution in [-0.4, -0.2) is 47.7 Å². The van der Waals surface area contributed by atoms with E-state index in [1.165, 1.54) is 6.07 Å². The normalized spacial score (nSPS) is 19.0. The highest BCUT2D eigenvalue weighted by Crippen LogP contribution is 2.39. The van der Waals surface area contributed by atoms with Crippen molar-refractivity contribution in [2.45, 2.75) is 38.2 Å². The first-order valence-corrected chi connectivity index (χ1v) is 10.3. The first-order valence-electron chi connectivity index (χ1n) is 10.3. The van der Waals surface area contributed by atoms with Crippen molar-refractivity contribution in [1.29, 1.82) is 5.26 Å². The highest BCUT2D eigenvalue weighted by Gasteiger charge is 2.30. The van der Waals surface area contributed by atoms with Crippen LogP contribution in [0.5, 0.6) is 0 Å². The van der Waals surface area contributed by atoms with E-state index in [-0.39, 0.29) is 11.6 Å². The molecule has 0 aromatic carbocycles. The summed E-state index contributed by atoms with van der Waals surface area (Å²) in [5.74, 6) is 2.02. The third-order valence-electron chi connectivity index (χ3n) is 5.85. The maximum Gasteiger partial charge on any atom is 0.280 e. The van der Waals surface area contributed by atoms with E-state index in [9.17, 15) is 14.0 Å². The van der Waals surface area contributed by atoms with Crippen LogP contribution in [0.1, 0.15) is 53.5 Å². The molecule has 1 saturated carbocycles. The molecule has 4 heterocycles. The second-order valence-electron chi connectivity index (χ2n) is 7.94. The minimum absolute atomic E-state index is 0.199. The largest absolute Gasteiger partial charge is 0.376 e. The number of nitrogens with zero attached hydrogens (tertiary/aromatic N) is 6. The van der Waals surface area contributed by atoms with E-state index in [0.29, 0.717) is 62.4 Å². The highest BCUT2D eigenvalue weighted by atomic mass is 19.3. The Kier molecular flexibility index (Phi) is 4.95. The van der Waals surface area contributed by atoms with Gasteiger partial charge in [-0.1, -0.05) is 0 Å². The quantitative estimate of drug-likeness (QED) is 0.764. The summed E-state index contributed by atoms with van der Waals surface area (Å²) in [4.78, 5) is 17.5. The van der Waals surface area contributed by atoms with E-state index in [1.807, 2.05) is 11.0 Å². The number of piperazine rings is 1. The third-order valence-corrected chi connectivity index (χ3v) is 5.85. The number of halogens is 2. The number of nitriles is 1. The standard InChI is InChI=1S/C21H22F2N6O/c22-19(23)17-10-18(27-20(25-17)13-1-2-13)28-4-6-29(7-5-28)21-14(11-24)9-15-12-30-8-3-16(15)26-21/h9-10,13,19H,1-8,12H2. The maximum atomic E-state index is 13.3. The predicted molar refractivity (Wildman–Crippen MR) is 106 cm³/mol. The molecule has 1 aliphatic carbocycles. The van der Waals surface area contributed by atoms with Gasteiger partial charge >= 0.3 is 0 Å². The summed E-state index contributed by atoms with van der Waals surface area (Å²) in [7, 11) is 0. The molecule has 0 amide bonds. The van der Waals surface area contributed by atoms with Crippen LogP contribution in [0.25, 0.3) is 0 Å². The van der Waals surface area contributed by atoms with Gasteiger partial charge in [-0.05, 0) is 18.9 Å². The average Bonchev–Trinajstić information content (AvgIpc) is 3.63. The number of alkyl halides is 2. The van der Waals surface area contributed by atoms with Crippen molar-refractivity contribution in [1.82, 2.24) is 15.0 Å². The van der Waals surface area contributed by atoms with Crippen molar-refractivity contribution in [3.05, 3.63) is 40.5 Å². The molecule has 0 radical (unpaired) electrons. The highest BCUT2D eigenvalue weighted by molar-refractivity contribution is 5.57. The van der Waals surface area contributed by atoms with Crippen LogP contribution in [0.3, 0.4) is 0 Å². The van der Waals surface area contributed by atoms with Gasteiger partial charge in [-0.3, -0.25) is 0 Å². The van der Waals surface area contributed by atoms with Crippen LogP contribution < -0.4 is 9.80 Å². The fourth-order valence-electron chi connectivity index (χ4n) is 4.01. The lowest BCUT2D eigenvalue weighted by Gasteiger charge is -2.37. The molecule has 2 aromatic heterocycles. The minimum atomic E-state index is -2.60. The molecule has 5 rings (SSSR count). The molecule has 156 valence electrons. The molecule has 9 heteroatoms. The Morgan fingerprint density at radius 1 is 1.07 bits per heavy atom. The monoisotopic (exact) mass is 412 g/mol. The molecule has 30 heavy (non-hydrogen) atoms. The summed E-state index contributed by atoms with van der Waals surface area (Å²) >= 11 is 0. The second-order valence-corrected chi connectivity index (χ2v) is 7.94. The van der Waals surface area contributed by atoms with Crippen LogP contribution in [0.15, 0.2) is 12.1 Å². The van der Waals surface area contributed by atoms with E-state index in [1.54, 1.807) is 0 Å². The Balaban J connectivity index is 1.35. The van der Waals surface area contributed by atoms with Crippen molar-refractivity contribution in [3.8, 4) is 6.07 Å². The van der Waals surface area contributed by atoms with Crippen LogP contribution in [0.2, 0.25) is 0 Å². The Morgan fingerprint density at radius 2 is 1.83 bits per heavy atom. The fourth-order valence-corrected chi connectivity index (χ4v) is 4.01. The van der Waals surface area contributed by atoms with Crippen molar-refractivity contribution >= 4 is 11.6 Å². The number of hydrogen-bond acceptors (Lipinski definition) is 7. The summed E-state index contributed by atoms with van der Waals surface area (Å²) in [5.41, 5.74) is 2.32. The van der Waals surface area contributed by atoms with E-state index in [0.717, 1.165) is 30.5 Å². The van der Waals surface area contributed by atoms with Gasteiger partial charge in [0.15, 0.2) is 0 Å². The molecule has 2 aromatic rings. The zero-order valence-corrected chi connectivity index (χ0v) is 16.5. The Morgan fingerprint density at radius 3 is 2.53 bits per heavy atom. The number of aromatic nitrogens is 3. The lowest BCUT2D eigenvalue weighted by molar-refractivity contribution is 0.109. The average molecular weight is 412 g/mol. The SMILES string of the molecule is N#Cc1cc2c(nc1N1CCN(c3cc(C(F)F)nc(C4CC4)n3)CC1)CCOC2. The van der Waals surface area contributed by atoms with E-state index in [4.69, 9.17) is 9.72 Å². The molecule has 2 fully saturated rings. The van der Waals surface area contributed by atoms with E-state index in [2.05, 4.69) is 20.9 Å². The van der Waals surface area contributed by atoms with Crippen molar-refractivity contribution < 1.29 is 13.5 Å². The summed E-state index contributed by atoms with van der Waals surface area (Å²) < 4.78 is 32.1. The number of hydrogen-bond donors (Lipinski definition) is 0. The lowest BCUT2D eigenvalue weighted by Crippen LogP contribution is -2.47. The molecule has 0 atom stereocenters. The first-order chi connectivity index (χ1) is 14.6. The topological polar surface area (TPSA) is 78.2 Å². The second kappa shape index (κ2) is 7.76. The van der Waals surface area contributed by atoms with Gasteiger partial charge in [0.2, 0.25) is 0 Å². The molecule has 1 saturated heterocycles. The van der Waals surface area contributed by atoms with Gasteiger partial charge in [-0.25, -0.2) is 23.7 Å². The number of pyridine rings is 1. The predicted octanol–water partition coefficient (Wildman–Crippen LogP) is 2.96. The van der Waals surface area contributed by atoms with Gasteiger partial charge in [0.25, 0.3) is 6.43 Å². The van der Waals surface area contributed by atoms with Gasteiger partial charge in [0, 0.05) is 50.1 Å². The zero-order valence-electron chi connectivity index (χ0n) is 16.5. The molecule has 0 unspecified atom stereocenters. The molecule has 0 N–H and O–H groups in total. The molecule has 0 bridgehead atoms. The number of fused-ring (bicyclic) bond motifs is 1. The molecule has 0 spiro atoms.